The number of nitrogens with zero attached hydrogens (tertiary/aromatic N) is 1. The maximum Gasteiger partial charge on any atom is 0.295 e. The van der Waals surface area contributed by atoms with E-state index >= 15 is 0 Å². The Kier molecular flexibility index (Phi) is 7.72. The quantitative estimate of drug-likeness (QED) is 0.242. The molecule has 1 fully saturated rings. The lowest BCUT2D eigenvalue weighted by Gasteiger charge is -2.24. The Labute approximate surface area is 208 Å². The molecular formula is C27H27NO6S. The van der Waals surface area contributed by atoms with Gasteiger partial charge in [-0.3, -0.25) is 9.59 Å². The van der Waals surface area contributed by atoms with Crippen molar-refractivity contribution in [2.45, 2.75) is 19.4 Å². The highest BCUT2D eigenvalue weighted by Crippen LogP contribution is 2.41. The van der Waals surface area contributed by atoms with Gasteiger partial charge in [-0.1, -0.05) is 25.1 Å². The van der Waals surface area contributed by atoms with Gasteiger partial charge in [0.25, 0.3) is 11.7 Å². The van der Waals surface area contributed by atoms with E-state index in [1.807, 2.05) is 24.4 Å². The van der Waals surface area contributed by atoms with Crippen LogP contribution in [0.25, 0.3) is 5.76 Å². The standard InChI is InChI=1S/C27H27NO6S/c1-3-14-33-21-7-4-6-18(17-21)25(29)23-24(22-8-5-16-35-22)28(27(31)26(23)30)13-15-34-20-11-9-19(32-2)10-12-20/h4-12,16-17,24,29H,3,13-15H2,1-2H3/b25-23-. The van der Waals surface area contributed by atoms with E-state index in [1.165, 1.54) is 16.2 Å². The van der Waals surface area contributed by atoms with Crippen LogP contribution in [0.15, 0.2) is 71.6 Å². The summed E-state index contributed by atoms with van der Waals surface area (Å²) in [5.74, 6) is 0.323. The highest BCUT2D eigenvalue weighted by Gasteiger charge is 2.46. The number of aliphatic hydroxyl groups excluding tert-OH is 1. The Morgan fingerprint density at radius 1 is 0.971 bits per heavy atom. The van der Waals surface area contributed by atoms with Crippen LogP contribution in [0, 0.1) is 0 Å². The zero-order valence-corrected chi connectivity index (χ0v) is 20.4. The molecule has 1 saturated heterocycles. The molecule has 0 aliphatic carbocycles. The molecule has 8 heteroatoms. The Bertz CT molecular complexity index is 1200. The molecular weight excluding hydrogens is 466 g/mol. The summed E-state index contributed by atoms with van der Waals surface area (Å²) in [7, 11) is 1.59. The summed E-state index contributed by atoms with van der Waals surface area (Å²) >= 11 is 1.42. The number of benzene rings is 2. The first-order valence-corrected chi connectivity index (χ1v) is 12.2. The monoisotopic (exact) mass is 493 g/mol. The SMILES string of the molecule is CCCOc1cccc(/C(O)=C2/C(=O)C(=O)N(CCOc3ccc(OC)cc3)C2c2cccs2)c1. The molecule has 35 heavy (non-hydrogen) atoms. The van der Waals surface area contributed by atoms with Gasteiger partial charge in [-0.15, -0.1) is 11.3 Å². The number of hydrogen-bond acceptors (Lipinski definition) is 7. The van der Waals surface area contributed by atoms with E-state index in [9.17, 15) is 14.7 Å². The summed E-state index contributed by atoms with van der Waals surface area (Å²) in [5.41, 5.74) is 0.488. The van der Waals surface area contributed by atoms with Crippen molar-refractivity contribution in [1.82, 2.24) is 4.90 Å². The van der Waals surface area contributed by atoms with Crippen LogP contribution in [-0.4, -0.2) is 48.6 Å². The van der Waals surface area contributed by atoms with Gasteiger partial charge in [-0.25, -0.2) is 0 Å². The normalized spacial score (nSPS) is 17.0. The van der Waals surface area contributed by atoms with Crippen LogP contribution in [0.4, 0.5) is 0 Å². The maximum absolute atomic E-state index is 13.1. The third kappa shape index (κ3) is 5.33. The largest absolute Gasteiger partial charge is 0.507 e. The van der Waals surface area contributed by atoms with Gasteiger partial charge in [0.05, 0.1) is 31.9 Å². The predicted octanol–water partition coefficient (Wildman–Crippen LogP) is 5.05. The summed E-state index contributed by atoms with van der Waals surface area (Å²) < 4.78 is 16.6. The van der Waals surface area contributed by atoms with Crippen LogP contribution in [0.2, 0.25) is 0 Å². The number of aliphatic hydroxyl groups is 1. The number of amides is 1. The number of carbonyl (C=O) groups is 2. The molecule has 1 amide bonds. The molecule has 4 rings (SSSR count). The van der Waals surface area contributed by atoms with E-state index in [1.54, 1.807) is 55.6 Å². The van der Waals surface area contributed by atoms with Gasteiger partial charge >= 0.3 is 0 Å². The van der Waals surface area contributed by atoms with Gasteiger partial charge in [-0.2, -0.15) is 0 Å². The highest BCUT2D eigenvalue weighted by molar-refractivity contribution is 7.10. The second kappa shape index (κ2) is 11.1. The average Bonchev–Trinajstić information content (AvgIpc) is 3.50. The highest BCUT2D eigenvalue weighted by atomic mass is 32.1. The number of Topliss-reactive ketones (excluding diaryl/α,β-unsaturated/α-hetero) is 1. The molecule has 1 aromatic heterocycles. The second-order valence-electron chi connectivity index (χ2n) is 7.91. The molecule has 0 radical (unpaired) electrons. The molecule has 1 unspecified atom stereocenters. The Hall–Kier alpha value is -3.78. The van der Waals surface area contributed by atoms with E-state index in [2.05, 4.69) is 0 Å². The van der Waals surface area contributed by atoms with E-state index in [-0.39, 0.29) is 24.5 Å². The molecule has 1 atom stereocenters. The molecule has 0 saturated carbocycles. The number of thiophene rings is 1. The van der Waals surface area contributed by atoms with E-state index in [4.69, 9.17) is 14.2 Å². The van der Waals surface area contributed by atoms with Crippen LogP contribution in [0.1, 0.15) is 29.8 Å². The summed E-state index contributed by atoms with van der Waals surface area (Å²) in [6.07, 6.45) is 0.846. The van der Waals surface area contributed by atoms with E-state index in [0.29, 0.717) is 29.4 Å². The minimum absolute atomic E-state index is 0.0644. The molecule has 3 aromatic rings. The van der Waals surface area contributed by atoms with Crippen molar-refractivity contribution >= 4 is 28.8 Å². The van der Waals surface area contributed by atoms with Crippen LogP contribution in [0.5, 0.6) is 17.2 Å². The fourth-order valence-corrected chi connectivity index (χ4v) is 4.74. The summed E-state index contributed by atoms with van der Waals surface area (Å²) in [6.45, 7) is 2.90. The van der Waals surface area contributed by atoms with Crippen LogP contribution >= 0.6 is 11.3 Å². The fraction of sp³-hybridized carbons (Fsp3) is 0.259. The van der Waals surface area contributed by atoms with Crippen LogP contribution in [-0.2, 0) is 9.59 Å². The van der Waals surface area contributed by atoms with Gasteiger partial charge in [0.1, 0.15) is 29.6 Å². The number of carbonyl (C=O) groups excluding carboxylic acids is 2. The fourth-order valence-electron chi connectivity index (χ4n) is 3.90. The van der Waals surface area contributed by atoms with Gasteiger partial charge in [-0.05, 0) is 54.3 Å². The van der Waals surface area contributed by atoms with Crippen molar-refractivity contribution in [2.75, 3.05) is 26.9 Å². The lowest BCUT2D eigenvalue weighted by atomic mass is 10.00. The van der Waals surface area contributed by atoms with Gasteiger partial charge in [0.15, 0.2) is 0 Å². The average molecular weight is 494 g/mol. The first kappa shape index (κ1) is 24.3. The van der Waals surface area contributed by atoms with Crippen LogP contribution < -0.4 is 14.2 Å². The van der Waals surface area contributed by atoms with Crippen LogP contribution in [0.3, 0.4) is 0 Å². The Morgan fingerprint density at radius 3 is 2.40 bits per heavy atom. The Morgan fingerprint density at radius 2 is 1.71 bits per heavy atom. The molecule has 2 heterocycles. The summed E-state index contributed by atoms with van der Waals surface area (Å²) in [5, 5.41) is 13.1. The minimum Gasteiger partial charge on any atom is -0.507 e. The summed E-state index contributed by atoms with van der Waals surface area (Å²) in [4.78, 5) is 28.4. The molecule has 2 aromatic carbocycles. The van der Waals surface area contributed by atoms with Crippen molar-refractivity contribution in [2.24, 2.45) is 0 Å². The number of hydrogen-bond donors (Lipinski definition) is 1. The molecule has 1 aliphatic heterocycles. The van der Waals surface area contributed by atoms with Crippen molar-refractivity contribution < 1.29 is 28.9 Å². The first-order chi connectivity index (χ1) is 17.0. The number of ketones is 1. The number of methoxy groups -OCH3 is 1. The molecule has 1 aliphatic rings. The zero-order chi connectivity index (χ0) is 24.8. The van der Waals surface area contributed by atoms with Crippen molar-refractivity contribution in [1.29, 1.82) is 0 Å². The number of rotatable bonds is 10. The van der Waals surface area contributed by atoms with E-state index < -0.39 is 17.7 Å². The third-order valence-electron chi connectivity index (χ3n) is 5.59. The number of ether oxygens (including phenoxy) is 3. The molecule has 182 valence electrons. The number of likely N-dealkylation sites (tertiary alicyclic amines) is 1. The maximum atomic E-state index is 13.1. The van der Waals surface area contributed by atoms with Gasteiger partial charge < -0.3 is 24.2 Å². The van der Waals surface area contributed by atoms with Gasteiger partial charge in [0, 0.05) is 10.4 Å². The van der Waals surface area contributed by atoms with Crippen molar-refractivity contribution in [3.8, 4) is 17.2 Å². The topological polar surface area (TPSA) is 85.3 Å². The minimum atomic E-state index is -0.717. The predicted molar refractivity (Wildman–Crippen MR) is 134 cm³/mol. The summed E-state index contributed by atoms with van der Waals surface area (Å²) in [6, 6.07) is 17.0. The van der Waals surface area contributed by atoms with E-state index in [0.717, 1.165) is 11.3 Å². The zero-order valence-electron chi connectivity index (χ0n) is 19.6. The lowest BCUT2D eigenvalue weighted by Crippen LogP contribution is -2.33. The molecule has 7 nitrogen and oxygen atoms in total. The molecule has 1 N–H and O–H groups in total. The first-order valence-electron chi connectivity index (χ1n) is 11.4. The second-order valence-corrected chi connectivity index (χ2v) is 8.89. The Balaban J connectivity index is 1.61. The molecule has 0 spiro atoms. The van der Waals surface area contributed by atoms with Gasteiger partial charge in [0.2, 0.25) is 0 Å². The van der Waals surface area contributed by atoms with Crippen molar-refractivity contribution in [3.05, 3.63) is 82.1 Å². The smallest absolute Gasteiger partial charge is 0.295 e. The molecule has 0 bridgehead atoms. The van der Waals surface area contributed by atoms with Crippen molar-refractivity contribution in [3.63, 3.8) is 0 Å². The lowest BCUT2D eigenvalue weighted by molar-refractivity contribution is -0.140. The third-order valence-corrected chi connectivity index (χ3v) is 6.52.